The lowest BCUT2D eigenvalue weighted by molar-refractivity contribution is 0.476. The molecule has 0 amide bonds. The lowest BCUT2D eigenvalue weighted by Gasteiger charge is -2.14. The van der Waals surface area contributed by atoms with Gasteiger partial charge in [0.2, 0.25) is 0 Å². The van der Waals surface area contributed by atoms with Crippen LogP contribution in [0.2, 0.25) is 0 Å². The van der Waals surface area contributed by atoms with Crippen molar-refractivity contribution in [1.82, 2.24) is 0 Å². The maximum atomic E-state index is 10.3. The van der Waals surface area contributed by atoms with E-state index in [9.17, 15) is 5.11 Å². The van der Waals surface area contributed by atoms with Crippen molar-refractivity contribution in [3.8, 4) is 16.9 Å². The van der Waals surface area contributed by atoms with Crippen LogP contribution in [0.4, 0.5) is 0 Å². The van der Waals surface area contributed by atoms with E-state index in [1.165, 1.54) is 5.56 Å². The van der Waals surface area contributed by atoms with Gasteiger partial charge in [-0.05, 0) is 22.8 Å². The summed E-state index contributed by atoms with van der Waals surface area (Å²) in [6.07, 6.45) is 0. The summed E-state index contributed by atoms with van der Waals surface area (Å²) in [7, 11) is 0. The van der Waals surface area contributed by atoms with Gasteiger partial charge in [-0.3, -0.25) is 0 Å². The van der Waals surface area contributed by atoms with Gasteiger partial charge in [0.1, 0.15) is 5.75 Å². The normalized spacial score (nSPS) is 12.0. The zero-order valence-corrected chi connectivity index (χ0v) is 12.0. The highest BCUT2D eigenvalue weighted by Crippen LogP contribution is 2.33. The van der Waals surface area contributed by atoms with Crippen molar-refractivity contribution in [2.75, 3.05) is 0 Å². The Balaban J connectivity index is 1.95. The number of aromatic hydroxyl groups is 1. The van der Waals surface area contributed by atoms with Crippen molar-refractivity contribution in [3.05, 3.63) is 90.0 Å². The molecule has 0 saturated carbocycles. The Morgan fingerprint density at radius 3 is 1.95 bits per heavy atom. The number of phenolic OH excluding ortho intramolecular Hbond substituents is 1. The molecule has 3 rings (SSSR count). The van der Waals surface area contributed by atoms with Crippen molar-refractivity contribution in [1.29, 1.82) is 0 Å². The van der Waals surface area contributed by atoms with E-state index < -0.39 is 0 Å². The Hall–Kier alpha value is -2.54. The van der Waals surface area contributed by atoms with E-state index in [4.69, 9.17) is 0 Å². The molecule has 21 heavy (non-hydrogen) atoms. The van der Waals surface area contributed by atoms with Crippen LogP contribution >= 0.6 is 0 Å². The van der Waals surface area contributed by atoms with Crippen LogP contribution < -0.4 is 0 Å². The van der Waals surface area contributed by atoms with Gasteiger partial charge in [0.05, 0.1) is 0 Å². The Morgan fingerprint density at radius 2 is 1.33 bits per heavy atom. The first-order chi connectivity index (χ1) is 10.3. The van der Waals surface area contributed by atoms with Crippen molar-refractivity contribution >= 4 is 0 Å². The lowest BCUT2D eigenvalue weighted by Crippen LogP contribution is -1.95. The Labute approximate surface area is 125 Å². The highest BCUT2D eigenvalue weighted by Gasteiger charge is 2.11. The first-order valence-corrected chi connectivity index (χ1v) is 7.19. The van der Waals surface area contributed by atoms with Crippen LogP contribution in [-0.2, 0) is 0 Å². The Morgan fingerprint density at radius 1 is 0.714 bits per heavy atom. The molecule has 1 atom stereocenters. The monoisotopic (exact) mass is 274 g/mol. The molecule has 0 saturated heterocycles. The first-order valence-electron chi connectivity index (χ1n) is 7.19. The van der Waals surface area contributed by atoms with Crippen molar-refractivity contribution in [2.45, 2.75) is 12.8 Å². The molecule has 104 valence electrons. The van der Waals surface area contributed by atoms with Gasteiger partial charge in [-0.25, -0.2) is 0 Å². The topological polar surface area (TPSA) is 20.2 Å². The third-order valence-corrected chi connectivity index (χ3v) is 3.91. The predicted molar refractivity (Wildman–Crippen MR) is 87.5 cm³/mol. The van der Waals surface area contributed by atoms with Gasteiger partial charge < -0.3 is 5.11 Å². The summed E-state index contributed by atoms with van der Waals surface area (Å²) in [6, 6.07) is 26.3. The van der Waals surface area contributed by atoms with E-state index in [0.29, 0.717) is 5.75 Å². The fourth-order valence-electron chi connectivity index (χ4n) is 2.61. The molecule has 0 aliphatic heterocycles. The molecule has 1 heteroatoms. The van der Waals surface area contributed by atoms with Crippen LogP contribution in [0.15, 0.2) is 78.9 Å². The maximum absolute atomic E-state index is 10.3. The standard InChI is InChI=1S/C20H18O/c1-15(16-8-4-2-5-9-16)18-12-13-19(20(21)14-18)17-10-6-3-7-11-17/h2-15,21H,1H3. The first kappa shape index (κ1) is 13.4. The van der Waals surface area contributed by atoms with E-state index in [0.717, 1.165) is 16.7 Å². The summed E-state index contributed by atoms with van der Waals surface area (Å²) in [5.41, 5.74) is 4.29. The largest absolute Gasteiger partial charge is 0.507 e. The van der Waals surface area contributed by atoms with Crippen LogP contribution in [0.5, 0.6) is 5.75 Å². The van der Waals surface area contributed by atoms with Crippen LogP contribution in [-0.4, -0.2) is 5.11 Å². The number of rotatable bonds is 3. The van der Waals surface area contributed by atoms with E-state index in [1.807, 2.05) is 60.7 Å². The average Bonchev–Trinajstić information content (AvgIpc) is 2.55. The minimum atomic E-state index is 0.266. The molecule has 0 radical (unpaired) electrons. The molecule has 3 aromatic carbocycles. The summed E-state index contributed by atoms with van der Waals surface area (Å²) in [5.74, 6) is 0.600. The van der Waals surface area contributed by atoms with Gasteiger partial charge >= 0.3 is 0 Å². The fraction of sp³-hybridized carbons (Fsp3) is 0.100. The van der Waals surface area contributed by atoms with Gasteiger partial charge in [-0.2, -0.15) is 0 Å². The van der Waals surface area contributed by atoms with E-state index in [2.05, 4.69) is 25.1 Å². The van der Waals surface area contributed by atoms with Gasteiger partial charge in [0, 0.05) is 11.5 Å². The summed E-state index contributed by atoms with van der Waals surface area (Å²) in [4.78, 5) is 0. The van der Waals surface area contributed by atoms with Crippen LogP contribution in [0.25, 0.3) is 11.1 Å². The summed E-state index contributed by atoms with van der Waals surface area (Å²) in [6.45, 7) is 2.16. The molecule has 0 aromatic heterocycles. The molecule has 0 aliphatic rings. The molecule has 0 spiro atoms. The molecule has 3 aromatic rings. The van der Waals surface area contributed by atoms with Gasteiger partial charge in [-0.15, -0.1) is 0 Å². The summed E-state index contributed by atoms with van der Waals surface area (Å²) >= 11 is 0. The molecule has 1 N–H and O–H groups in total. The zero-order chi connectivity index (χ0) is 14.7. The minimum Gasteiger partial charge on any atom is -0.507 e. The Kier molecular flexibility index (Phi) is 3.74. The molecular formula is C20H18O. The highest BCUT2D eigenvalue weighted by molar-refractivity contribution is 5.70. The second-order valence-corrected chi connectivity index (χ2v) is 5.27. The smallest absolute Gasteiger partial charge is 0.123 e. The van der Waals surface area contributed by atoms with Gasteiger partial charge in [-0.1, -0.05) is 79.7 Å². The van der Waals surface area contributed by atoms with E-state index in [-0.39, 0.29) is 5.92 Å². The van der Waals surface area contributed by atoms with Crippen LogP contribution in [0.1, 0.15) is 24.0 Å². The maximum Gasteiger partial charge on any atom is 0.123 e. The summed E-state index contributed by atoms with van der Waals surface area (Å²) < 4.78 is 0. The predicted octanol–water partition coefficient (Wildman–Crippen LogP) is 5.21. The molecular weight excluding hydrogens is 256 g/mol. The molecule has 0 aliphatic carbocycles. The number of hydrogen-bond donors (Lipinski definition) is 1. The van der Waals surface area contributed by atoms with E-state index >= 15 is 0 Å². The SMILES string of the molecule is CC(c1ccccc1)c1ccc(-c2ccccc2)c(O)c1. The van der Waals surface area contributed by atoms with Crippen LogP contribution in [0, 0.1) is 0 Å². The number of phenols is 1. The lowest BCUT2D eigenvalue weighted by atomic mass is 9.91. The minimum absolute atomic E-state index is 0.266. The Bertz CT molecular complexity index is 717. The number of hydrogen-bond acceptors (Lipinski definition) is 1. The van der Waals surface area contributed by atoms with Gasteiger partial charge in [0.15, 0.2) is 0 Å². The highest BCUT2D eigenvalue weighted by atomic mass is 16.3. The summed E-state index contributed by atoms with van der Waals surface area (Å²) in [5, 5.41) is 10.3. The molecule has 0 fully saturated rings. The molecule has 1 unspecified atom stereocenters. The third kappa shape index (κ3) is 2.82. The third-order valence-electron chi connectivity index (χ3n) is 3.91. The second kappa shape index (κ2) is 5.84. The van der Waals surface area contributed by atoms with E-state index in [1.54, 1.807) is 0 Å². The molecule has 1 nitrogen and oxygen atoms in total. The zero-order valence-electron chi connectivity index (χ0n) is 12.0. The average molecular weight is 274 g/mol. The van der Waals surface area contributed by atoms with Gasteiger partial charge in [0.25, 0.3) is 0 Å². The molecule has 0 heterocycles. The number of benzene rings is 3. The van der Waals surface area contributed by atoms with Crippen molar-refractivity contribution < 1.29 is 5.11 Å². The fourth-order valence-corrected chi connectivity index (χ4v) is 2.61. The quantitative estimate of drug-likeness (QED) is 0.695. The molecule has 0 bridgehead atoms. The van der Waals surface area contributed by atoms with Crippen molar-refractivity contribution in [2.24, 2.45) is 0 Å². The second-order valence-electron chi connectivity index (χ2n) is 5.27. The van der Waals surface area contributed by atoms with Crippen molar-refractivity contribution in [3.63, 3.8) is 0 Å². The van der Waals surface area contributed by atoms with Crippen LogP contribution in [0.3, 0.4) is 0 Å².